The van der Waals surface area contributed by atoms with Crippen LogP contribution in [0.1, 0.15) is 12.5 Å². The number of hydrogen-bond acceptors (Lipinski definition) is 3. The molecule has 0 amide bonds. The second-order valence-corrected chi connectivity index (χ2v) is 2.22. The molecule has 1 aromatic rings. The molecule has 0 fully saturated rings. The van der Waals surface area contributed by atoms with Crippen LogP contribution >= 0.6 is 0 Å². The van der Waals surface area contributed by atoms with E-state index in [-0.39, 0.29) is 5.96 Å². The minimum absolute atomic E-state index is 0.0576. The number of hydrogen-bond donors (Lipinski definition) is 2. The maximum Gasteiger partial charge on any atom is 0.211 e. The van der Waals surface area contributed by atoms with Crippen LogP contribution in [-0.4, -0.2) is 11.7 Å². The normalized spacial score (nSPS) is 11.2. The lowest BCUT2D eigenvalue weighted by molar-refractivity contribution is 0.567. The van der Waals surface area contributed by atoms with Gasteiger partial charge in [-0.15, -0.1) is 5.10 Å². The van der Waals surface area contributed by atoms with Gasteiger partial charge in [-0.3, -0.25) is 0 Å². The molecule has 5 nitrogen and oxygen atoms in total. The van der Waals surface area contributed by atoms with Crippen molar-refractivity contribution in [3.8, 4) is 0 Å². The average Bonchev–Trinajstić information content (AvgIpc) is 2.51. The molecule has 0 spiro atoms. The van der Waals surface area contributed by atoms with Crippen molar-refractivity contribution < 1.29 is 4.42 Å². The number of nitrogens with two attached hydrogens (primary N) is 2. The van der Waals surface area contributed by atoms with Gasteiger partial charge in [0, 0.05) is 5.56 Å². The monoisotopic (exact) mass is 166 g/mol. The van der Waals surface area contributed by atoms with Crippen molar-refractivity contribution in [2.24, 2.45) is 21.7 Å². The highest BCUT2D eigenvalue weighted by molar-refractivity contribution is 5.98. The molecular formula is C7H10N4O. The van der Waals surface area contributed by atoms with Gasteiger partial charge >= 0.3 is 0 Å². The van der Waals surface area contributed by atoms with Gasteiger partial charge in [0.1, 0.15) is 0 Å². The topological polar surface area (TPSA) is 89.9 Å². The van der Waals surface area contributed by atoms with E-state index in [0.29, 0.717) is 5.71 Å². The van der Waals surface area contributed by atoms with Gasteiger partial charge in [-0.2, -0.15) is 5.10 Å². The standard InChI is InChI=1S/C7H10N4O/c1-5(10-11-7(8)9)6-2-3-12-4-6/h2-4H,1H3,(H4,8,9,11)/b10-5-. The molecule has 1 heterocycles. The molecular weight excluding hydrogens is 156 g/mol. The zero-order chi connectivity index (χ0) is 8.97. The highest BCUT2D eigenvalue weighted by atomic mass is 16.3. The third kappa shape index (κ3) is 2.12. The van der Waals surface area contributed by atoms with Crippen molar-refractivity contribution in [1.82, 2.24) is 0 Å². The maximum atomic E-state index is 5.09. The van der Waals surface area contributed by atoms with Crippen molar-refractivity contribution in [2.75, 3.05) is 0 Å². The van der Waals surface area contributed by atoms with Gasteiger partial charge in [0.15, 0.2) is 0 Å². The van der Waals surface area contributed by atoms with Crippen LogP contribution in [0.5, 0.6) is 0 Å². The summed E-state index contributed by atoms with van der Waals surface area (Å²) >= 11 is 0. The molecule has 0 aliphatic rings. The summed E-state index contributed by atoms with van der Waals surface area (Å²) in [6.07, 6.45) is 3.13. The molecule has 64 valence electrons. The van der Waals surface area contributed by atoms with Gasteiger partial charge in [-0.05, 0) is 13.0 Å². The first kappa shape index (κ1) is 8.32. The highest BCUT2D eigenvalue weighted by Crippen LogP contribution is 2.01. The van der Waals surface area contributed by atoms with E-state index < -0.39 is 0 Å². The predicted octanol–water partition coefficient (Wildman–Crippen LogP) is 0.277. The zero-order valence-electron chi connectivity index (χ0n) is 6.69. The minimum atomic E-state index is -0.0576. The van der Waals surface area contributed by atoms with Crippen molar-refractivity contribution in [2.45, 2.75) is 6.92 Å². The first-order valence-corrected chi connectivity index (χ1v) is 3.36. The van der Waals surface area contributed by atoms with E-state index in [1.807, 2.05) is 0 Å². The smallest absolute Gasteiger partial charge is 0.211 e. The molecule has 5 heteroatoms. The fraction of sp³-hybridized carbons (Fsp3) is 0.143. The second kappa shape index (κ2) is 3.56. The number of guanidine groups is 1. The van der Waals surface area contributed by atoms with Crippen LogP contribution in [0.2, 0.25) is 0 Å². The Kier molecular flexibility index (Phi) is 2.47. The van der Waals surface area contributed by atoms with Crippen LogP contribution in [0.3, 0.4) is 0 Å². The van der Waals surface area contributed by atoms with Crippen molar-refractivity contribution in [1.29, 1.82) is 0 Å². The van der Waals surface area contributed by atoms with Crippen molar-refractivity contribution in [3.05, 3.63) is 24.2 Å². The molecule has 0 bridgehead atoms. The second-order valence-electron chi connectivity index (χ2n) is 2.22. The SMILES string of the molecule is C/C(=N/N=C(N)N)c1ccoc1. The average molecular weight is 166 g/mol. The molecule has 0 aliphatic carbocycles. The van der Waals surface area contributed by atoms with E-state index in [2.05, 4.69) is 10.2 Å². The number of rotatable bonds is 2. The molecule has 12 heavy (non-hydrogen) atoms. The summed E-state index contributed by atoms with van der Waals surface area (Å²) in [6.45, 7) is 1.79. The Bertz CT molecular complexity index is 295. The van der Waals surface area contributed by atoms with E-state index in [9.17, 15) is 0 Å². The lowest BCUT2D eigenvalue weighted by Gasteiger charge is -1.90. The third-order valence-corrected chi connectivity index (χ3v) is 1.25. The summed E-state index contributed by atoms with van der Waals surface area (Å²) in [5.74, 6) is -0.0576. The van der Waals surface area contributed by atoms with Crippen LogP contribution in [0, 0.1) is 0 Å². The van der Waals surface area contributed by atoms with Gasteiger partial charge in [-0.1, -0.05) is 0 Å². The Morgan fingerprint density at radius 1 is 1.42 bits per heavy atom. The first-order chi connectivity index (χ1) is 5.70. The maximum absolute atomic E-state index is 5.09. The summed E-state index contributed by atoms with van der Waals surface area (Å²) in [6, 6.07) is 1.78. The van der Waals surface area contributed by atoms with E-state index in [1.165, 1.54) is 0 Å². The molecule has 0 atom stereocenters. The first-order valence-electron chi connectivity index (χ1n) is 3.36. The van der Waals surface area contributed by atoms with Crippen LogP contribution in [0.4, 0.5) is 0 Å². The highest BCUT2D eigenvalue weighted by Gasteiger charge is 1.96. The summed E-state index contributed by atoms with van der Waals surface area (Å²) in [7, 11) is 0. The minimum Gasteiger partial charge on any atom is -0.472 e. The van der Waals surface area contributed by atoms with Crippen LogP contribution in [-0.2, 0) is 0 Å². The summed E-state index contributed by atoms with van der Waals surface area (Å²) in [5, 5.41) is 7.26. The van der Waals surface area contributed by atoms with E-state index in [4.69, 9.17) is 15.9 Å². The molecule has 0 radical (unpaired) electrons. The fourth-order valence-corrected chi connectivity index (χ4v) is 0.661. The van der Waals surface area contributed by atoms with Gasteiger partial charge in [-0.25, -0.2) is 0 Å². The predicted molar refractivity (Wildman–Crippen MR) is 46.7 cm³/mol. The van der Waals surface area contributed by atoms with Crippen LogP contribution in [0.25, 0.3) is 0 Å². The molecule has 0 saturated carbocycles. The molecule has 4 N–H and O–H groups in total. The summed E-state index contributed by atoms with van der Waals surface area (Å²) < 4.78 is 4.85. The van der Waals surface area contributed by atoms with Crippen molar-refractivity contribution in [3.63, 3.8) is 0 Å². The Balaban J connectivity index is 2.78. The van der Waals surface area contributed by atoms with E-state index >= 15 is 0 Å². The third-order valence-electron chi connectivity index (χ3n) is 1.25. The summed E-state index contributed by atoms with van der Waals surface area (Å²) in [5.41, 5.74) is 11.7. The van der Waals surface area contributed by atoms with Gasteiger partial charge < -0.3 is 15.9 Å². The molecule has 0 saturated heterocycles. The van der Waals surface area contributed by atoms with E-state index in [1.54, 1.807) is 25.5 Å². The Hall–Kier alpha value is -1.78. The molecule has 1 aromatic heterocycles. The van der Waals surface area contributed by atoms with E-state index in [0.717, 1.165) is 5.56 Å². The lowest BCUT2D eigenvalue weighted by Crippen LogP contribution is -2.22. The summed E-state index contributed by atoms with van der Waals surface area (Å²) in [4.78, 5) is 0. The zero-order valence-corrected chi connectivity index (χ0v) is 6.69. The molecule has 0 unspecified atom stereocenters. The van der Waals surface area contributed by atoms with Crippen molar-refractivity contribution >= 4 is 11.7 Å². The Labute approximate surface area is 69.8 Å². The van der Waals surface area contributed by atoms with Gasteiger partial charge in [0.25, 0.3) is 0 Å². The quantitative estimate of drug-likeness (QED) is 0.375. The van der Waals surface area contributed by atoms with Crippen LogP contribution in [0.15, 0.2) is 33.2 Å². The largest absolute Gasteiger partial charge is 0.472 e. The number of nitrogens with zero attached hydrogens (tertiary/aromatic N) is 2. The molecule has 0 aromatic carbocycles. The Morgan fingerprint density at radius 2 is 2.17 bits per heavy atom. The Morgan fingerprint density at radius 3 is 2.67 bits per heavy atom. The number of furan rings is 1. The fourth-order valence-electron chi connectivity index (χ4n) is 0.661. The van der Waals surface area contributed by atoms with Crippen LogP contribution < -0.4 is 11.5 Å². The molecule has 0 aliphatic heterocycles. The lowest BCUT2D eigenvalue weighted by atomic mass is 10.2. The van der Waals surface area contributed by atoms with Gasteiger partial charge in [0.05, 0.1) is 18.2 Å². The molecule has 1 rings (SSSR count). The van der Waals surface area contributed by atoms with Gasteiger partial charge in [0.2, 0.25) is 5.96 Å².